The molecule has 0 spiro atoms. The molecular formula is C20H15N3O2. The number of amides is 1. The van der Waals surface area contributed by atoms with Gasteiger partial charge in [0.2, 0.25) is 5.78 Å². The van der Waals surface area contributed by atoms with Crippen molar-refractivity contribution in [2.45, 2.75) is 0 Å². The van der Waals surface area contributed by atoms with Gasteiger partial charge in [0.15, 0.2) is 0 Å². The van der Waals surface area contributed by atoms with E-state index in [1.807, 2.05) is 42.5 Å². The number of nitrogens with zero attached hydrogens (tertiary/aromatic N) is 2. The molecule has 0 atom stereocenters. The van der Waals surface area contributed by atoms with Gasteiger partial charge in [-0.25, -0.2) is 5.43 Å². The highest BCUT2D eigenvalue weighted by Crippen LogP contribution is 2.19. The second-order valence-electron chi connectivity index (χ2n) is 5.24. The maximum absolute atomic E-state index is 12.1. The van der Waals surface area contributed by atoms with Crippen molar-refractivity contribution in [2.75, 3.05) is 0 Å². The topological polar surface area (TPSA) is 71.4 Å². The molecule has 3 aromatic rings. The zero-order chi connectivity index (χ0) is 17.5. The fraction of sp³-hybridized carbons (Fsp3) is 0. The number of hydrogen-bond acceptors (Lipinski definition) is 4. The fourth-order valence-electron chi connectivity index (χ4n) is 2.25. The van der Waals surface area contributed by atoms with Crippen molar-refractivity contribution in [3.05, 3.63) is 90.3 Å². The smallest absolute Gasteiger partial charge is 0.271 e. The summed E-state index contributed by atoms with van der Waals surface area (Å²) in [6.45, 7) is 0. The van der Waals surface area contributed by atoms with Crippen molar-refractivity contribution in [1.29, 1.82) is 0 Å². The molecule has 0 aliphatic carbocycles. The van der Waals surface area contributed by atoms with Crippen LogP contribution in [0.1, 0.15) is 20.7 Å². The first-order chi connectivity index (χ1) is 12.2. The summed E-state index contributed by atoms with van der Waals surface area (Å²) >= 11 is 0. The Bertz CT molecular complexity index is 889. The van der Waals surface area contributed by atoms with Gasteiger partial charge in [0, 0.05) is 23.5 Å². The average Bonchev–Trinajstić information content (AvgIpc) is 2.69. The molecule has 0 bridgehead atoms. The van der Waals surface area contributed by atoms with Crippen LogP contribution in [0.25, 0.3) is 11.1 Å². The van der Waals surface area contributed by atoms with Gasteiger partial charge in [-0.05, 0) is 23.3 Å². The molecule has 0 saturated carbocycles. The molecule has 0 aliphatic rings. The van der Waals surface area contributed by atoms with Crippen molar-refractivity contribution in [1.82, 2.24) is 10.4 Å². The highest BCUT2D eigenvalue weighted by atomic mass is 16.2. The van der Waals surface area contributed by atoms with E-state index in [9.17, 15) is 9.59 Å². The van der Waals surface area contributed by atoms with Crippen molar-refractivity contribution >= 4 is 17.9 Å². The molecule has 0 radical (unpaired) electrons. The Morgan fingerprint density at radius 1 is 0.800 bits per heavy atom. The fourth-order valence-corrected chi connectivity index (χ4v) is 2.25. The molecule has 1 N–H and O–H groups in total. The van der Waals surface area contributed by atoms with E-state index in [4.69, 9.17) is 0 Å². The maximum Gasteiger partial charge on any atom is 0.271 e. The van der Waals surface area contributed by atoms with Crippen LogP contribution in [0.2, 0.25) is 0 Å². The summed E-state index contributed by atoms with van der Waals surface area (Å²) in [5.74, 6) is -0.680. The molecule has 25 heavy (non-hydrogen) atoms. The molecule has 2 aromatic carbocycles. The molecule has 1 heterocycles. The minimum Gasteiger partial charge on any atom is -0.287 e. The molecule has 0 aliphatic heterocycles. The summed E-state index contributed by atoms with van der Waals surface area (Å²) in [4.78, 5) is 27.7. The van der Waals surface area contributed by atoms with Crippen molar-refractivity contribution in [3.63, 3.8) is 0 Å². The molecule has 5 heteroatoms. The SMILES string of the molecule is O=C(/C=N/NC(=O)c1ccncc1)c1ccc(-c2ccccc2)cc1. The quantitative estimate of drug-likeness (QED) is 0.443. The second-order valence-corrected chi connectivity index (χ2v) is 5.24. The van der Waals surface area contributed by atoms with E-state index in [1.165, 1.54) is 12.4 Å². The molecular weight excluding hydrogens is 314 g/mol. The van der Waals surface area contributed by atoms with E-state index < -0.39 is 5.91 Å². The Kier molecular flexibility index (Phi) is 5.07. The number of aromatic nitrogens is 1. The van der Waals surface area contributed by atoms with Crippen LogP contribution < -0.4 is 5.43 Å². The van der Waals surface area contributed by atoms with E-state index in [-0.39, 0.29) is 5.78 Å². The van der Waals surface area contributed by atoms with Gasteiger partial charge in [-0.1, -0.05) is 54.6 Å². The zero-order valence-corrected chi connectivity index (χ0v) is 13.3. The van der Waals surface area contributed by atoms with Gasteiger partial charge in [-0.2, -0.15) is 5.10 Å². The Hall–Kier alpha value is -3.60. The molecule has 122 valence electrons. The molecule has 0 unspecified atom stereocenters. The first kappa shape index (κ1) is 16.3. The van der Waals surface area contributed by atoms with E-state index in [2.05, 4.69) is 15.5 Å². The number of benzene rings is 2. The Morgan fingerprint density at radius 3 is 2.12 bits per heavy atom. The number of ketones is 1. The summed E-state index contributed by atoms with van der Waals surface area (Å²) in [7, 11) is 0. The molecule has 1 aromatic heterocycles. The summed E-state index contributed by atoms with van der Waals surface area (Å²) in [5.41, 5.74) is 5.35. The van der Waals surface area contributed by atoms with Crippen LogP contribution >= 0.6 is 0 Å². The molecule has 0 saturated heterocycles. The third kappa shape index (κ3) is 4.23. The van der Waals surface area contributed by atoms with Gasteiger partial charge in [-0.15, -0.1) is 0 Å². The predicted molar refractivity (Wildman–Crippen MR) is 96.4 cm³/mol. The van der Waals surface area contributed by atoms with Gasteiger partial charge in [0.05, 0.1) is 6.21 Å². The summed E-state index contributed by atoms with van der Waals surface area (Å²) in [5, 5.41) is 3.71. The van der Waals surface area contributed by atoms with Gasteiger partial charge in [-0.3, -0.25) is 14.6 Å². The zero-order valence-electron chi connectivity index (χ0n) is 13.3. The highest BCUT2D eigenvalue weighted by molar-refractivity contribution is 6.35. The lowest BCUT2D eigenvalue weighted by Crippen LogP contribution is -2.18. The van der Waals surface area contributed by atoms with E-state index in [0.29, 0.717) is 11.1 Å². The third-order valence-corrected chi connectivity index (χ3v) is 3.57. The van der Waals surface area contributed by atoms with E-state index in [0.717, 1.165) is 17.3 Å². The van der Waals surface area contributed by atoms with E-state index >= 15 is 0 Å². The number of nitrogens with one attached hydrogen (secondary N) is 1. The monoisotopic (exact) mass is 329 g/mol. The van der Waals surface area contributed by atoms with Crippen molar-refractivity contribution < 1.29 is 9.59 Å². The lowest BCUT2D eigenvalue weighted by molar-refractivity contribution is 0.0955. The van der Waals surface area contributed by atoms with Gasteiger partial charge in [0.25, 0.3) is 5.91 Å². The van der Waals surface area contributed by atoms with Gasteiger partial charge >= 0.3 is 0 Å². The minimum atomic E-state index is -0.397. The largest absolute Gasteiger partial charge is 0.287 e. The number of rotatable bonds is 5. The van der Waals surface area contributed by atoms with Crippen LogP contribution in [0.3, 0.4) is 0 Å². The summed E-state index contributed by atoms with van der Waals surface area (Å²) < 4.78 is 0. The van der Waals surface area contributed by atoms with E-state index in [1.54, 1.807) is 24.3 Å². The third-order valence-electron chi connectivity index (χ3n) is 3.57. The summed E-state index contributed by atoms with van der Waals surface area (Å²) in [6.07, 6.45) is 4.12. The van der Waals surface area contributed by atoms with Crippen LogP contribution in [0.4, 0.5) is 0 Å². The number of carbonyl (C=O) groups is 2. The summed E-state index contributed by atoms with van der Waals surface area (Å²) in [6, 6.07) is 20.3. The number of Topliss-reactive ketones (excluding diaryl/α,β-unsaturated/α-hetero) is 1. The van der Waals surface area contributed by atoms with Crippen LogP contribution in [0.15, 0.2) is 84.2 Å². The Morgan fingerprint density at radius 2 is 1.44 bits per heavy atom. The molecule has 3 rings (SSSR count). The average molecular weight is 329 g/mol. The van der Waals surface area contributed by atoms with Crippen LogP contribution in [-0.2, 0) is 0 Å². The van der Waals surface area contributed by atoms with Gasteiger partial charge in [0.1, 0.15) is 0 Å². The minimum absolute atomic E-state index is 0.283. The first-order valence-electron chi connectivity index (χ1n) is 7.67. The standard InChI is InChI=1S/C20H15N3O2/c24-19(14-22-23-20(25)18-10-12-21-13-11-18)17-8-6-16(7-9-17)15-4-2-1-3-5-15/h1-14H,(H,23,25)/b22-14+. The number of hydrogen-bond donors (Lipinski definition) is 1. The Balaban J connectivity index is 1.62. The first-order valence-corrected chi connectivity index (χ1v) is 7.67. The molecule has 0 fully saturated rings. The number of pyridine rings is 1. The van der Waals surface area contributed by atoms with Crippen LogP contribution in [0, 0.1) is 0 Å². The Labute approximate surface area is 145 Å². The van der Waals surface area contributed by atoms with Crippen LogP contribution in [-0.4, -0.2) is 22.9 Å². The highest BCUT2D eigenvalue weighted by Gasteiger charge is 2.05. The normalized spacial score (nSPS) is 10.6. The van der Waals surface area contributed by atoms with Gasteiger partial charge < -0.3 is 0 Å². The lowest BCUT2D eigenvalue weighted by Gasteiger charge is -2.02. The second kappa shape index (κ2) is 7.79. The number of carbonyl (C=O) groups excluding carboxylic acids is 2. The number of hydrazone groups is 1. The molecule has 1 amide bonds. The molecule has 5 nitrogen and oxygen atoms in total. The van der Waals surface area contributed by atoms with Crippen LogP contribution in [0.5, 0.6) is 0 Å². The van der Waals surface area contributed by atoms with Crippen molar-refractivity contribution in [2.24, 2.45) is 5.10 Å². The predicted octanol–water partition coefficient (Wildman–Crippen LogP) is 3.35. The van der Waals surface area contributed by atoms with Crippen molar-refractivity contribution in [3.8, 4) is 11.1 Å². The lowest BCUT2D eigenvalue weighted by atomic mass is 10.0. The maximum atomic E-state index is 12.1.